The molecule has 2 N–H and O–H groups in total. The molecule has 43 heavy (non-hydrogen) atoms. The second-order valence-corrected chi connectivity index (χ2v) is 12.3. The maximum Gasteiger partial charge on any atom is 0.0943 e. The predicted molar refractivity (Wildman–Crippen MR) is 184 cm³/mol. The molecular formula is C40H45N3. The Morgan fingerprint density at radius 2 is 1.09 bits per heavy atom. The third-order valence-electron chi connectivity index (χ3n) is 8.21. The van der Waals surface area contributed by atoms with Gasteiger partial charge in [0.2, 0.25) is 0 Å². The first-order valence-electron chi connectivity index (χ1n) is 15.7. The molecule has 220 valence electrons. The highest BCUT2D eigenvalue weighted by Gasteiger charge is 2.24. The Kier molecular flexibility index (Phi) is 9.61. The predicted octanol–water partition coefficient (Wildman–Crippen LogP) is 10.9. The minimum Gasteiger partial charge on any atom is -0.381 e. The van der Waals surface area contributed by atoms with E-state index in [0.29, 0.717) is 17.8 Å². The Morgan fingerprint density at radius 1 is 0.535 bits per heavy atom. The lowest BCUT2D eigenvalue weighted by molar-refractivity contribution is 0.788. The fraction of sp³-hybridized carbons (Fsp3) is 0.275. The molecule has 0 aliphatic heterocycles. The highest BCUT2D eigenvalue weighted by atomic mass is 15.0. The smallest absolute Gasteiger partial charge is 0.0943 e. The van der Waals surface area contributed by atoms with Crippen LogP contribution in [0.1, 0.15) is 98.8 Å². The monoisotopic (exact) mass is 567 g/mol. The van der Waals surface area contributed by atoms with Crippen LogP contribution in [0, 0.1) is 0 Å². The molecule has 4 aromatic carbocycles. The molecular weight excluding hydrogens is 522 g/mol. The van der Waals surface area contributed by atoms with Gasteiger partial charge in [0.05, 0.1) is 17.4 Å². The van der Waals surface area contributed by atoms with E-state index in [1.54, 1.807) is 0 Å². The summed E-state index contributed by atoms with van der Waals surface area (Å²) in [4.78, 5) is 5.39. The summed E-state index contributed by atoms with van der Waals surface area (Å²) in [7, 11) is 0. The number of para-hydroxylation sites is 2. The van der Waals surface area contributed by atoms with E-state index in [0.717, 1.165) is 29.2 Å². The number of aromatic nitrogens is 1. The topological polar surface area (TPSA) is 37.0 Å². The summed E-state index contributed by atoms with van der Waals surface area (Å²) in [6.45, 7) is 14.4. The zero-order valence-corrected chi connectivity index (χ0v) is 26.4. The van der Waals surface area contributed by atoms with E-state index in [-0.39, 0.29) is 6.04 Å². The van der Waals surface area contributed by atoms with Crippen LogP contribution in [0.3, 0.4) is 0 Å². The van der Waals surface area contributed by atoms with Crippen LogP contribution in [0.2, 0.25) is 0 Å². The number of hydrogen-bond acceptors (Lipinski definition) is 3. The van der Waals surface area contributed by atoms with Crippen molar-refractivity contribution in [3.63, 3.8) is 0 Å². The molecule has 1 unspecified atom stereocenters. The van der Waals surface area contributed by atoms with Gasteiger partial charge in [0.1, 0.15) is 0 Å². The van der Waals surface area contributed by atoms with Crippen molar-refractivity contribution < 1.29 is 0 Å². The zero-order valence-electron chi connectivity index (χ0n) is 26.4. The molecule has 5 aromatic rings. The molecule has 3 heteroatoms. The summed E-state index contributed by atoms with van der Waals surface area (Å²) in [5, 5.41) is 7.65. The number of pyridine rings is 1. The summed E-state index contributed by atoms with van der Waals surface area (Å²) >= 11 is 0. The van der Waals surface area contributed by atoms with Crippen LogP contribution in [0.4, 0.5) is 11.4 Å². The summed E-state index contributed by atoms with van der Waals surface area (Å²) in [6.07, 6.45) is 0. The third kappa shape index (κ3) is 7.00. The Hall–Kier alpha value is -4.37. The number of hydrogen-bond donors (Lipinski definition) is 2. The lowest BCUT2D eigenvalue weighted by atomic mass is 9.88. The first-order valence-corrected chi connectivity index (χ1v) is 15.7. The number of anilines is 2. The highest BCUT2D eigenvalue weighted by Crippen LogP contribution is 2.38. The molecule has 0 fully saturated rings. The first-order chi connectivity index (χ1) is 20.8. The quantitative estimate of drug-likeness (QED) is 0.167. The van der Waals surface area contributed by atoms with Crippen molar-refractivity contribution in [1.82, 2.24) is 4.98 Å². The average molecular weight is 568 g/mol. The maximum atomic E-state index is 5.39. The molecule has 0 amide bonds. The Bertz CT molecular complexity index is 1610. The van der Waals surface area contributed by atoms with Crippen molar-refractivity contribution in [3.05, 3.63) is 149 Å². The van der Waals surface area contributed by atoms with Crippen LogP contribution in [0.25, 0.3) is 11.3 Å². The van der Waals surface area contributed by atoms with Crippen molar-refractivity contribution in [2.75, 3.05) is 10.6 Å². The van der Waals surface area contributed by atoms with Crippen molar-refractivity contribution in [1.29, 1.82) is 0 Å². The van der Waals surface area contributed by atoms with Crippen LogP contribution < -0.4 is 10.6 Å². The van der Waals surface area contributed by atoms with Crippen molar-refractivity contribution >= 4 is 11.4 Å². The molecule has 3 nitrogen and oxygen atoms in total. The molecule has 0 bridgehead atoms. The van der Waals surface area contributed by atoms with E-state index in [4.69, 9.17) is 4.98 Å². The minimum atomic E-state index is -0.106. The molecule has 0 aliphatic rings. The summed E-state index contributed by atoms with van der Waals surface area (Å²) < 4.78 is 0. The summed E-state index contributed by atoms with van der Waals surface area (Å²) in [5.41, 5.74) is 12.0. The highest BCUT2D eigenvalue weighted by molar-refractivity contribution is 5.66. The molecule has 0 saturated heterocycles. The largest absolute Gasteiger partial charge is 0.381 e. The van der Waals surface area contributed by atoms with Gasteiger partial charge < -0.3 is 10.6 Å². The minimum absolute atomic E-state index is 0.106. The van der Waals surface area contributed by atoms with E-state index in [1.807, 2.05) is 6.07 Å². The average Bonchev–Trinajstić information content (AvgIpc) is 3.03. The molecule has 0 aliphatic carbocycles. The fourth-order valence-electron chi connectivity index (χ4n) is 5.91. The molecule has 0 radical (unpaired) electrons. The van der Waals surface area contributed by atoms with Gasteiger partial charge in [-0.2, -0.15) is 0 Å². The lowest BCUT2D eigenvalue weighted by Gasteiger charge is -2.29. The van der Waals surface area contributed by atoms with E-state index >= 15 is 0 Å². The Morgan fingerprint density at radius 3 is 1.77 bits per heavy atom. The number of nitrogens with one attached hydrogen (secondary N) is 2. The van der Waals surface area contributed by atoms with E-state index in [2.05, 4.69) is 161 Å². The van der Waals surface area contributed by atoms with Gasteiger partial charge in [-0.15, -0.1) is 0 Å². The van der Waals surface area contributed by atoms with Gasteiger partial charge in [0.25, 0.3) is 0 Å². The first kappa shape index (κ1) is 30.1. The summed E-state index contributed by atoms with van der Waals surface area (Å²) in [5.74, 6) is 1.18. The molecule has 5 rings (SSSR count). The Labute approximate surface area is 258 Å². The van der Waals surface area contributed by atoms with Crippen LogP contribution in [-0.2, 0) is 6.54 Å². The maximum absolute atomic E-state index is 5.39. The van der Waals surface area contributed by atoms with Crippen LogP contribution >= 0.6 is 0 Å². The van der Waals surface area contributed by atoms with Crippen LogP contribution in [0.5, 0.6) is 0 Å². The van der Waals surface area contributed by atoms with Gasteiger partial charge in [0, 0.05) is 23.5 Å². The zero-order chi connectivity index (χ0) is 30.3. The Balaban J connectivity index is 1.61. The molecule has 1 aromatic heterocycles. The van der Waals surface area contributed by atoms with E-state index < -0.39 is 0 Å². The molecule has 0 saturated carbocycles. The standard InChI is InChI=1S/C40H45N3/c1-27(2)32-19-12-13-21-36(32)40(43-39-33(28(3)4)22-14-23-34(39)29(5)6)38-25-15-24-37(42-38)35-20-11-10-16-30(35)26-41-31-17-8-7-9-18-31/h7-25,27-29,40-41,43H,26H2,1-6H3. The van der Waals surface area contributed by atoms with Gasteiger partial charge in [-0.1, -0.05) is 133 Å². The second kappa shape index (κ2) is 13.7. The van der Waals surface area contributed by atoms with Crippen LogP contribution in [0.15, 0.2) is 115 Å². The van der Waals surface area contributed by atoms with Gasteiger partial charge in [0.15, 0.2) is 0 Å². The van der Waals surface area contributed by atoms with Crippen molar-refractivity contribution in [3.8, 4) is 11.3 Å². The summed E-state index contributed by atoms with van der Waals surface area (Å²) in [6, 6.07) is 40.9. The normalized spacial score (nSPS) is 12.1. The van der Waals surface area contributed by atoms with Crippen molar-refractivity contribution in [2.45, 2.75) is 71.9 Å². The van der Waals surface area contributed by atoms with Gasteiger partial charge >= 0.3 is 0 Å². The van der Waals surface area contributed by atoms with E-state index in [9.17, 15) is 0 Å². The second-order valence-electron chi connectivity index (χ2n) is 12.3. The molecule has 0 spiro atoms. The number of benzene rings is 4. The van der Waals surface area contributed by atoms with Gasteiger partial charge in [-0.05, 0) is 69.8 Å². The SMILES string of the molecule is CC(C)c1ccccc1C(Nc1c(C(C)C)cccc1C(C)C)c1cccc(-c2ccccc2CNc2ccccc2)n1. The van der Waals surface area contributed by atoms with Gasteiger partial charge in [-0.3, -0.25) is 4.98 Å². The molecule has 1 heterocycles. The van der Waals surface area contributed by atoms with Crippen LogP contribution in [-0.4, -0.2) is 4.98 Å². The number of rotatable bonds is 11. The van der Waals surface area contributed by atoms with Crippen molar-refractivity contribution in [2.24, 2.45) is 0 Å². The molecule has 1 atom stereocenters. The third-order valence-corrected chi connectivity index (χ3v) is 8.21. The van der Waals surface area contributed by atoms with Gasteiger partial charge in [-0.25, -0.2) is 0 Å². The van der Waals surface area contributed by atoms with E-state index in [1.165, 1.54) is 33.5 Å². The number of nitrogens with zero attached hydrogens (tertiary/aromatic N) is 1. The lowest BCUT2D eigenvalue weighted by Crippen LogP contribution is -2.19. The fourth-order valence-corrected chi connectivity index (χ4v) is 5.91.